The number of ether oxygens (including phenoxy) is 1. The fourth-order valence-corrected chi connectivity index (χ4v) is 4.91. The van der Waals surface area contributed by atoms with E-state index in [0.717, 1.165) is 29.1 Å². The van der Waals surface area contributed by atoms with Gasteiger partial charge in [0.25, 0.3) is 5.91 Å². The maximum Gasteiger partial charge on any atom is 0.250 e. The topological polar surface area (TPSA) is 59.4 Å². The van der Waals surface area contributed by atoms with Crippen molar-refractivity contribution < 1.29 is 22.7 Å². The SMILES string of the molecule is COc1cc(/C=C2\CC[C@@H]3CNC[C@H](c4cc(F)c(F)c(F)c4)N3C2=O)ccc1-n1cnc(C)c1. The van der Waals surface area contributed by atoms with E-state index < -0.39 is 23.5 Å². The molecule has 2 fully saturated rings. The molecule has 6 nitrogen and oxygen atoms in total. The molecule has 0 saturated carbocycles. The van der Waals surface area contributed by atoms with E-state index in [1.54, 1.807) is 18.3 Å². The number of benzene rings is 2. The van der Waals surface area contributed by atoms with Crippen LogP contribution in [0.1, 0.15) is 35.7 Å². The van der Waals surface area contributed by atoms with E-state index in [9.17, 15) is 18.0 Å². The molecule has 2 aliphatic heterocycles. The number of hydrogen-bond acceptors (Lipinski definition) is 4. The number of nitrogens with zero attached hydrogens (tertiary/aromatic N) is 3. The maximum absolute atomic E-state index is 13.9. The molecule has 2 atom stereocenters. The summed E-state index contributed by atoms with van der Waals surface area (Å²) in [5.74, 6) is -3.59. The van der Waals surface area contributed by atoms with E-state index in [2.05, 4.69) is 10.3 Å². The fourth-order valence-electron chi connectivity index (χ4n) is 4.91. The second-order valence-electron chi connectivity index (χ2n) is 8.90. The highest BCUT2D eigenvalue weighted by molar-refractivity contribution is 5.99. The van der Waals surface area contributed by atoms with Gasteiger partial charge < -0.3 is 19.5 Å². The molecule has 2 aromatic carbocycles. The zero-order valence-corrected chi connectivity index (χ0v) is 19.4. The zero-order chi connectivity index (χ0) is 24.7. The van der Waals surface area contributed by atoms with Crippen LogP contribution in [0.5, 0.6) is 5.75 Å². The number of amides is 1. The molecular formula is C26H25F3N4O2. The normalized spacial score (nSPS) is 21.3. The summed E-state index contributed by atoms with van der Waals surface area (Å²) in [6, 6.07) is 6.89. The van der Waals surface area contributed by atoms with Gasteiger partial charge in [-0.2, -0.15) is 0 Å². The van der Waals surface area contributed by atoms with Crippen LogP contribution < -0.4 is 10.1 Å². The molecule has 3 aromatic rings. The molecule has 1 amide bonds. The fraction of sp³-hybridized carbons (Fsp3) is 0.308. The summed E-state index contributed by atoms with van der Waals surface area (Å²) in [5, 5.41) is 3.23. The van der Waals surface area contributed by atoms with Crippen LogP contribution in [0.4, 0.5) is 13.2 Å². The van der Waals surface area contributed by atoms with E-state index in [-0.39, 0.29) is 17.5 Å². The average molecular weight is 483 g/mol. The van der Waals surface area contributed by atoms with Gasteiger partial charge in [-0.1, -0.05) is 6.07 Å². The lowest BCUT2D eigenvalue weighted by molar-refractivity contribution is -0.135. The molecule has 3 heterocycles. The molecule has 0 radical (unpaired) electrons. The number of carbonyl (C=O) groups excluding carboxylic acids is 1. The van der Waals surface area contributed by atoms with Crippen LogP contribution in [0.2, 0.25) is 0 Å². The van der Waals surface area contributed by atoms with Gasteiger partial charge in [0.1, 0.15) is 5.75 Å². The van der Waals surface area contributed by atoms with Crippen molar-refractivity contribution in [1.29, 1.82) is 0 Å². The summed E-state index contributed by atoms with van der Waals surface area (Å²) in [5.41, 5.74) is 3.34. The first-order valence-corrected chi connectivity index (χ1v) is 11.4. The van der Waals surface area contributed by atoms with Crippen LogP contribution >= 0.6 is 0 Å². The Morgan fingerprint density at radius 2 is 1.91 bits per heavy atom. The Kier molecular flexibility index (Phi) is 6.10. The molecule has 0 spiro atoms. The predicted molar refractivity (Wildman–Crippen MR) is 125 cm³/mol. The Labute approximate surface area is 201 Å². The minimum absolute atomic E-state index is 0.115. The largest absolute Gasteiger partial charge is 0.495 e. The number of piperidine rings is 1. The molecule has 1 N–H and O–H groups in total. The van der Waals surface area contributed by atoms with Crippen molar-refractivity contribution in [2.45, 2.75) is 31.8 Å². The smallest absolute Gasteiger partial charge is 0.250 e. The summed E-state index contributed by atoms with van der Waals surface area (Å²) < 4.78 is 48.8. The van der Waals surface area contributed by atoms with E-state index in [0.29, 0.717) is 37.3 Å². The van der Waals surface area contributed by atoms with E-state index >= 15 is 0 Å². The number of hydrogen-bond donors (Lipinski definition) is 1. The third-order valence-electron chi connectivity index (χ3n) is 6.63. The first-order chi connectivity index (χ1) is 16.9. The molecule has 2 saturated heterocycles. The van der Waals surface area contributed by atoms with Gasteiger partial charge in [-0.3, -0.25) is 4.79 Å². The molecule has 0 aliphatic carbocycles. The molecule has 35 heavy (non-hydrogen) atoms. The summed E-state index contributed by atoms with van der Waals surface area (Å²) >= 11 is 0. The Hall–Kier alpha value is -3.59. The lowest BCUT2D eigenvalue weighted by Gasteiger charge is -2.46. The van der Waals surface area contributed by atoms with Crippen LogP contribution in [0.25, 0.3) is 11.8 Å². The molecule has 1 aromatic heterocycles. The molecule has 5 rings (SSSR count). The first-order valence-electron chi connectivity index (χ1n) is 11.4. The number of halogens is 3. The molecule has 0 unspecified atom stereocenters. The number of nitrogens with one attached hydrogen (secondary N) is 1. The lowest BCUT2D eigenvalue weighted by atomic mass is 9.89. The summed E-state index contributed by atoms with van der Waals surface area (Å²) in [4.78, 5) is 19.5. The number of aromatic nitrogens is 2. The highest BCUT2D eigenvalue weighted by Crippen LogP contribution is 2.36. The number of carbonyl (C=O) groups is 1. The lowest BCUT2D eigenvalue weighted by Crippen LogP contribution is -2.57. The second-order valence-corrected chi connectivity index (χ2v) is 8.90. The van der Waals surface area contributed by atoms with Crippen molar-refractivity contribution in [3.05, 3.63) is 82.7 Å². The van der Waals surface area contributed by atoms with E-state index in [1.165, 1.54) is 0 Å². The predicted octanol–water partition coefficient (Wildman–Crippen LogP) is 4.33. The van der Waals surface area contributed by atoms with Gasteiger partial charge in [0.15, 0.2) is 17.5 Å². The number of piperazine rings is 1. The van der Waals surface area contributed by atoms with Crippen LogP contribution in [-0.4, -0.2) is 46.6 Å². The summed E-state index contributed by atoms with van der Waals surface area (Å²) in [6.07, 6.45) is 6.71. The molecular weight excluding hydrogens is 457 g/mol. The Balaban J connectivity index is 1.46. The summed E-state index contributed by atoms with van der Waals surface area (Å²) in [7, 11) is 1.59. The second kappa shape index (κ2) is 9.22. The van der Waals surface area contributed by atoms with E-state index in [4.69, 9.17) is 4.74 Å². The highest BCUT2D eigenvalue weighted by atomic mass is 19.2. The van der Waals surface area contributed by atoms with E-state index in [1.807, 2.05) is 42.0 Å². The molecule has 2 aliphatic rings. The Morgan fingerprint density at radius 1 is 1.14 bits per heavy atom. The number of rotatable bonds is 4. The Morgan fingerprint density at radius 3 is 2.60 bits per heavy atom. The van der Waals surface area contributed by atoms with Gasteiger partial charge in [0.05, 0.1) is 30.9 Å². The number of fused-ring (bicyclic) bond motifs is 1. The third kappa shape index (κ3) is 4.32. The minimum atomic E-state index is -1.51. The van der Waals surface area contributed by atoms with Crippen LogP contribution in [0, 0.1) is 24.4 Å². The van der Waals surface area contributed by atoms with Gasteiger partial charge in [-0.25, -0.2) is 18.2 Å². The monoisotopic (exact) mass is 482 g/mol. The van der Waals surface area contributed by atoms with Crippen molar-refractivity contribution in [2.75, 3.05) is 20.2 Å². The van der Waals surface area contributed by atoms with Gasteiger partial charge in [0.2, 0.25) is 0 Å². The molecule has 0 bridgehead atoms. The van der Waals surface area contributed by atoms with Gasteiger partial charge in [-0.15, -0.1) is 0 Å². The highest BCUT2D eigenvalue weighted by Gasteiger charge is 2.39. The zero-order valence-electron chi connectivity index (χ0n) is 19.4. The minimum Gasteiger partial charge on any atom is -0.495 e. The number of imidazole rings is 1. The third-order valence-corrected chi connectivity index (χ3v) is 6.63. The van der Waals surface area contributed by atoms with Crippen molar-refractivity contribution in [3.63, 3.8) is 0 Å². The van der Waals surface area contributed by atoms with Crippen molar-refractivity contribution in [1.82, 2.24) is 19.8 Å². The number of methoxy groups -OCH3 is 1. The van der Waals surface area contributed by atoms with Crippen LogP contribution in [-0.2, 0) is 4.79 Å². The standard InChI is InChI=1S/C26H25F3N4O2/c1-15-13-32(14-31-15)22-6-3-16(8-24(22)35-2)7-17-4-5-19-11-30-12-23(33(19)26(17)34)18-9-20(27)25(29)21(28)10-18/h3,6-10,13-14,19,23,30H,4-5,11-12H2,1-2H3/b17-7+/t19-,23-/m1/s1. The van der Waals surface area contributed by atoms with Crippen molar-refractivity contribution >= 4 is 12.0 Å². The molecule has 9 heteroatoms. The average Bonchev–Trinajstić information content (AvgIpc) is 3.29. The quantitative estimate of drug-likeness (QED) is 0.445. The maximum atomic E-state index is 13.9. The first kappa shape index (κ1) is 23.2. The molecule has 182 valence electrons. The Bertz CT molecular complexity index is 1300. The van der Waals surface area contributed by atoms with Crippen molar-refractivity contribution in [2.24, 2.45) is 0 Å². The van der Waals surface area contributed by atoms with Gasteiger partial charge in [0, 0.05) is 30.9 Å². The van der Waals surface area contributed by atoms with Crippen LogP contribution in [0.3, 0.4) is 0 Å². The summed E-state index contributed by atoms with van der Waals surface area (Å²) in [6.45, 7) is 2.82. The van der Waals surface area contributed by atoms with Gasteiger partial charge in [-0.05, 0) is 61.2 Å². The van der Waals surface area contributed by atoms with Gasteiger partial charge >= 0.3 is 0 Å². The number of aryl methyl sites for hydroxylation is 1. The van der Waals surface area contributed by atoms with Crippen molar-refractivity contribution in [3.8, 4) is 11.4 Å². The van der Waals surface area contributed by atoms with Crippen LogP contribution in [0.15, 0.2) is 48.4 Å².